The zero-order valence-corrected chi connectivity index (χ0v) is 25.5. The Morgan fingerprint density at radius 1 is 0.537 bits per heavy atom. The summed E-state index contributed by atoms with van der Waals surface area (Å²) in [5.41, 5.74) is 6.63. The van der Waals surface area contributed by atoms with Crippen molar-refractivity contribution < 1.29 is 4.79 Å². The van der Waals surface area contributed by atoms with Crippen LogP contribution in [0.4, 0.5) is 5.69 Å². The number of hydrogen-bond donors (Lipinski definition) is 0. The molecule has 0 bridgehead atoms. The van der Waals surface area contributed by atoms with Crippen molar-refractivity contribution in [2.75, 3.05) is 11.4 Å². The highest BCUT2D eigenvalue weighted by Crippen LogP contribution is 2.34. The van der Waals surface area contributed by atoms with Crippen LogP contribution in [-0.4, -0.2) is 12.3 Å². The Labute approximate surface area is 249 Å². The molecular weight excluding hydrogens is 498 g/mol. The van der Waals surface area contributed by atoms with E-state index in [-0.39, 0.29) is 5.78 Å². The van der Waals surface area contributed by atoms with Crippen molar-refractivity contribution in [1.82, 2.24) is 0 Å². The van der Waals surface area contributed by atoms with Crippen molar-refractivity contribution in [2.24, 2.45) is 0 Å². The summed E-state index contributed by atoms with van der Waals surface area (Å²) in [5, 5.41) is 0. The second-order valence-electron chi connectivity index (χ2n) is 11.8. The van der Waals surface area contributed by atoms with Crippen molar-refractivity contribution in [2.45, 2.75) is 110 Å². The van der Waals surface area contributed by atoms with Gasteiger partial charge in [0, 0.05) is 29.6 Å². The number of carbonyl (C=O) groups is 1. The van der Waals surface area contributed by atoms with E-state index < -0.39 is 0 Å². The first-order valence-electron chi connectivity index (χ1n) is 16.6. The maximum atomic E-state index is 12.2. The fourth-order valence-corrected chi connectivity index (χ4v) is 6.10. The summed E-state index contributed by atoms with van der Waals surface area (Å²) < 4.78 is 0. The third-order valence-corrected chi connectivity index (χ3v) is 8.57. The molecule has 2 aliphatic rings. The van der Waals surface area contributed by atoms with Crippen LogP contribution in [0.15, 0.2) is 85.1 Å². The lowest BCUT2D eigenvalue weighted by molar-refractivity contribution is 0.104. The molecule has 0 atom stereocenters. The lowest BCUT2D eigenvalue weighted by atomic mass is 9.91. The molecule has 2 heteroatoms. The predicted octanol–water partition coefficient (Wildman–Crippen LogP) is 11.5. The van der Waals surface area contributed by atoms with Crippen LogP contribution in [0.5, 0.6) is 0 Å². The number of carbonyl (C=O) groups excluding carboxylic acids is 1. The summed E-state index contributed by atoms with van der Waals surface area (Å²) in [6.45, 7) is 3.36. The molecule has 0 aromatic heterocycles. The molecule has 2 aromatic carbocycles. The standard InChI is InChI=1S/C39H51NO/c1-2-3-4-5-6-7-8-9-10-11-12-13-14-15-16-21-31-40-32-30-34(36-23-19-20-25-38(36)40)27-26-33-28-29-39(41)37-24-18-17-22-35(33)37/h17-20,22-30,32H,2-16,21,31H2,1H3/b33-26-,34-27+. The van der Waals surface area contributed by atoms with Crippen molar-refractivity contribution in [3.63, 3.8) is 0 Å². The van der Waals surface area contributed by atoms with Crippen LogP contribution in [0.3, 0.4) is 0 Å². The van der Waals surface area contributed by atoms with Crippen LogP contribution in [0.2, 0.25) is 0 Å². The Kier molecular flexibility index (Phi) is 13.3. The molecule has 0 saturated carbocycles. The highest BCUT2D eigenvalue weighted by Gasteiger charge is 2.17. The average Bonchev–Trinajstić information content (AvgIpc) is 3.01. The van der Waals surface area contributed by atoms with Crippen molar-refractivity contribution >= 4 is 22.6 Å². The van der Waals surface area contributed by atoms with Gasteiger partial charge in [0.1, 0.15) is 0 Å². The fraction of sp³-hybridized carbons (Fsp3) is 0.462. The molecule has 1 heterocycles. The first kappa shape index (κ1) is 30.8. The van der Waals surface area contributed by atoms with Crippen LogP contribution in [-0.2, 0) is 0 Å². The molecule has 1 aliphatic heterocycles. The van der Waals surface area contributed by atoms with Gasteiger partial charge in [0.15, 0.2) is 5.78 Å². The molecule has 0 fully saturated rings. The van der Waals surface area contributed by atoms with E-state index in [9.17, 15) is 4.79 Å². The second-order valence-corrected chi connectivity index (χ2v) is 11.8. The maximum Gasteiger partial charge on any atom is 0.186 e. The van der Waals surface area contributed by atoms with E-state index in [0.717, 1.165) is 23.2 Å². The Bertz CT molecular complexity index is 1210. The van der Waals surface area contributed by atoms with Gasteiger partial charge in [0.05, 0.1) is 0 Å². The summed E-state index contributed by atoms with van der Waals surface area (Å²) >= 11 is 0. The first-order valence-corrected chi connectivity index (χ1v) is 16.6. The normalized spacial score (nSPS) is 16.0. The van der Waals surface area contributed by atoms with Gasteiger partial charge >= 0.3 is 0 Å². The number of para-hydroxylation sites is 1. The number of fused-ring (bicyclic) bond motifs is 2. The van der Waals surface area contributed by atoms with E-state index >= 15 is 0 Å². The smallest absolute Gasteiger partial charge is 0.186 e. The van der Waals surface area contributed by atoms with E-state index in [1.807, 2.05) is 30.3 Å². The number of rotatable bonds is 18. The van der Waals surface area contributed by atoms with Gasteiger partial charge in [-0.25, -0.2) is 0 Å². The Balaban J connectivity index is 1.14. The molecule has 2 aromatic rings. The van der Waals surface area contributed by atoms with Gasteiger partial charge in [-0.1, -0.05) is 164 Å². The monoisotopic (exact) mass is 549 g/mol. The molecule has 0 saturated heterocycles. The van der Waals surface area contributed by atoms with Crippen LogP contribution in [0.1, 0.15) is 131 Å². The van der Waals surface area contributed by atoms with Gasteiger partial charge in [0.2, 0.25) is 0 Å². The van der Waals surface area contributed by atoms with Gasteiger partial charge in [-0.2, -0.15) is 0 Å². The first-order chi connectivity index (χ1) is 20.3. The highest BCUT2D eigenvalue weighted by molar-refractivity contribution is 6.12. The number of nitrogens with zero attached hydrogens (tertiary/aromatic N) is 1. The van der Waals surface area contributed by atoms with Gasteiger partial charge in [-0.05, 0) is 41.3 Å². The minimum Gasteiger partial charge on any atom is -0.347 e. The molecule has 0 N–H and O–H groups in total. The predicted molar refractivity (Wildman–Crippen MR) is 178 cm³/mol. The molecule has 41 heavy (non-hydrogen) atoms. The topological polar surface area (TPSA) is 20.3 Å². The van der Waals surface area contributed by atoms with Crippen LogP contribution in [0, 0.1) is 0 Å². The minimum absolute atomic E-state index is 0.0815. The van der Waals surface area contributed by atoms with E-state index in [2.05, 4.69) is 60.5 Å². The Morgan fingerprint density at radius 2 is 1.02 bits per heavy atom. The fourth-order valence-electron chi connectivity index (χ4n) is 6.10. The molecule has 218 valence electrons. The summed E-state index contributed by atoms with van der Waals surface area (Å²) in [4.78, 5) is 14.7. The van der Waals surface area contributed by atoms with Gasteiger partial charge < -0.3 is 4.90 Å². The number of unbranched alkanes of at least 4 members (excludes halogenated alkanes) is 15. The van der Waals surface area contributed by atoms with Gasteiger partial charge in [-0.3, -0.25) is 4.79 Å². The van der Waals surface area contributed by atoms with Gasteiger partial charge in [0.25, 0.3) is 0 Å². The van der Waals surface area contributed by atoms with E-state index in [0.29, 0.717) is 0 Å². The van der Waals surface area contributed by atoms with Crippen LogP contribution < -0.4 is 4.90 Å². The molecule has 0 amide bonds. The third-order valence-electron chi connectivity index (χ3n) is 8.57. The highest BCUT2D eigenvalue weighted by atomic mass is 16.1. The second kappa shape index (κ2) is 17.6. The number of hydrogen-bond acceptors (Lipinski definition) is 2. The van der Waals surface area contributed by atoms with Crippen molar-refractivity contribution in [1.29, 1.82) is 0 Å². The number of benzene rings is 2. The zero-order valence-electron chi connectivity index (χ0n) is 25.5. The molecule has 2 nitrogen and oxygen atoms in total. The number of ketones is 1. The molecule has 4 rings (SSSR count). The van der Waals surface area contributed by atoms with Crippen LogP contribution in [0.25, 0.3) is 11.1 Å². The Morgan fingerprint density at radius 3 is 1.63 bits per heavy atom. The van der Waals surface area contributed by atoms with Gasteiger partial charge in [-0.15, -0.1) is 0 Å². The van der Waals surface area contributed by atoms with Crippen molar-refractivity contribution in [3.05, 3.63) is 102 Å². The third kappa shape index (κ3) is 9.73. The lowest BCUT2D eigenvalue weighted by Gasteiger charge is -2.27. The SMILES string of the molecule is CCCCCCCCCCCCCCCCCCN1C=C/C(=C\C=C2\C=CC(=O)c3ccccc32)c2ccccc21. The van der Waals surface area contributed by atoms with E-state index in [1.54, 1.807) is 6.08 Å². The average molecular weight is 550 g/mol. The molecule has 0 unspecified atom stereocenters. The van der Waals surface area contributed by atoms with Crippen LogP contribution >= 0.6 is 0 Å². The molecule has 1 aliphatic carbocycles. The zero-order chi connectivity index (χ0) is 28.5. The molecule has 0 spiro atoms. The minimum atomic E-state index is 0.0815. The Hall–Kier alpha value is -3.13. The quantitative estimate of drug-likeness (QED) is 0.172. The summed E-state index contributed by atoms with van der Waals surface area (Å²) in [6.07, 6.45) is 34.8. The molecular formula is C39H51NO. The largest absolute Gasteiger partial charge is 0.347 e. The summed E-state index contributed by atoms with van der Waals surface area (Å²) in [6, 6.07) is 16.6. The maximum absolute atomic E-state index is 12.2. The van der Waals surface area contributed by atoms with E-state index in [1.165, 1.54) is 120 Å². The summed E-state index contributed by atoms with van der Waals surface area (Å²) in [7, 11) is 0. The van der Waals surface area contributed by atoms with E-state index in [4.69, 9.17) is 0 Å². The number of anilines is 1. The molecule has 0 radical (unpaired) electrons. The van der Waals surface area contributed by atoms with Crippen molar-refractivity contribution in [3.8, 4) is 0 Å². The number of allylic oxidation sites excluding steroid dienone is 7. The summed E-state index contributed by atoms with van der Waals surface area (Å²) in [5.74, 6) is 0.0815. The lowest BCUT2D eigenvalue weighted by Crippen LogP contribution is -2.21.